The van der Waals surface area contributed by atoms with Crippen molar-refractivity contribution in [2.24, 2.45) is 0 Å². The predicted octanol–water partition coefficient (Wildman–Crippen LogP) is 1.43. The highest BCUT2D eigenvalue weighted by Crippen LogP contribution is 2.34. The normalized spacial score (nSPS) is 15.1. The number of pyridine rings is 2. The van der Waals surface area contributed by atoms with E-state index in [4.69, 9.17) is 0 Å². The molecule has 0 saturated carbocycles. The summed E-state index contributed by atoms with van der Waals surface area (Å²) in [6, 6.07) is 16.2. The van der Waals surface area contributed by atoms with Crippen LogP contribution in [0, 0.1) is 0 Å². The van der Waals surface area contributed by atoms with E-state index >= 15 is 0 Å². The van der Waals surface area contributed by atoms with E-state index in [2.05, 4.69) is 62.1 Å². The van der Waals surface area contributed by atoms with Crippen molar-refractivity contribution in [1.29, 1.82) is 0 Å². The topological polar surface area (TPSA) is 50.5 Å². The molecule has 3 aromatic heterocycles. The number of imidazole rings is 1. The number of nitrogens with zero attached hydrogens (tertiary/aromatic N) is 4. The Morgan fingerprint density at radius 1 is 0.929 bits per heavy atom. The first-order valence-electron chi connectivity index (χ1n) is 9.33. The zero-order valence-electron chi connectivity index (χ0n) is 15.8. The summed E-state index contributed by atoms with van der Waals surface area (Å²) in [6.07, 6.45) is 7.50. The van der Waals surface area contributed by atoms with E-state index in [0.29, 0.717) is 12.1 Å². The predicted molar refractivity (Wildman–Crippen MR) is 114 cm³/mol. The van der Waals surface area contributed by atoms with E-state index in [0.717, 1.165) is 28.0 Å². The molecular formula is C21H18B2N4O. The Balaban J connectivity index is 1.42. The van der Waals surface area contributed by atoms with Crippen LogP contribution in [0.25, 0.3) is 16.8 Å². The molecule has 7 heteroatoms. The summed E-state index contributed by atoms with van der Waals surface area (Å²) in [5.74, 6) is 0.0435. The van der Waals surface area contributed by atoms with Crippen LogP contribution in [-0.2, 0) is 11.9 Å². The number of benzene rings is 1. The average molecular weight is 364 g/mol. The second kappa shape index (κ2) is 6.09. The highest BCUT2D eigenvalue weighted by molar-refractivity contribution is 6.42. The van der Waals surface area contributed by atoms with Crippen LogP contribution in [0.1, 0.15) is 21.6 Å². The smallest absolute Gasteiger partial charge is 0.255 e. The molecular weight excluding hydrogens is 346 g/mol. The minimum atomic E-state index is -0.419. The Hall–Kier alpha value is -3.34. The van der Waals surface area contributed by atoms with Crippen molar-refractivity contribution in [3.63, 3.8) is 0 Å². The zero-order chi connectivity index (χ0) is 19.3. The molecule has 0 bridgehead atoms. The molecule has 28 heavy (non-hydrogen) atoms. The van der Waals surface area contributed by atoms with Crippen LogP contribution in [0.3, 0.4) is 0 Å². The lowest BCUT2D eigenvalue weighted by Crippen LogP contribution is -2.44. The van der Waals surface area contributed by atoms with Crippen molar-refractivity contribution in [3.05, 3.63) is 90.1 Å². The van der Waals surface area contributed by atoms with E-state index in [1.807, 2.05) is 33.8 Å². The fourth-order valence-electron chi connectivity index (χ4n) is 3.94. The second-order valence-corrected chi connectivity index (χ2v) is 7.65. The van der Waals surface area contributed by atoms with Gasteiger partial charge in [-0.25, -0.2) is 4.98 Å². The zero-order valence-corrected chi connectivity index (χ0v) is 15.8. The Labute approximate surface area is 164 Å². The number of amides is 1. The van der Waals surface area contributed by atoms with Crippen LogP contribution >= 0.6 is 0 Å². The first kappa shape index (κ1) is 16.8. The molecule has 1 aliphatic heterocycles. The number of hydrogen-bond donors (Lipinski definition) is 0. The maximum atomic E-state index is 12.9. The fourth-order valence-corrected chi connectivity index (χ4v) is 3.94. The highest BCUT2D eigenvalue weighted by atomic mass is 16.2. The van der Waals surface area contributed by atoms with Gasteiger partial charge in [0.2, 0.25) is 0 Å². The van der Waals surface area contributed by atoms with Crippen LogP contribution in [0.2, 0.25) is 0 Å². The minimum Gasteiger partial charge on any atom is -0.339 e. The standard InChI is InChI=1S/C21H18B2N4O/c22-21(23)19-17(2-1-8-25-19)20(28)27(21)13-14-3-5-15(6-4-14)16-7-10-26-11-9-24-18(26)12-16/h1-12H,13,22-23H2. The molecule has 1 aromatic carbocycles. The van der Waals surface area contributed by atoms with E-state index in [1.165, 1.54) is 0 Å². The van der Waals surface area contributed by atoms with Crippen molar-refractivity contribution < 1.29 is 4.79 Å². The summed E-state index contributed by atoms with van der Waals surface area (Å²) >= 11 is 0. The third-order valence-corrected chi connectivity index (χ3v) is 5.56. The Morgan fingerprint density at radius 3 is 2.54 bits per heavy atom. The van der Waals surface area contributed by atoms with Crippen molar-refractivity contribution in [2.45, 2.75) is 11.9 Å². The molecule has 134 valence electrons. The minimum absolute atomic E-state index is 0.0435. The van der Waals surface area contributed by atoms with Gasteiger partial charge in [-0.3, -0.25) is 9.78 Å². The quantitative estimate of drug-likeness (QED) is 0.517. The van der Waals surface area contributed by atoms with Gasteiger partial charge in [-0.2, -0.15) is 0 Å². The summed E-state index contributed by atoms with van der Waals surface area (Å²) in [6.45, 7) is 0.557. The molecule has 0 unspecified atom stereocenters. The number of carbonyl (C=O) groups excluding carboxylic acids is 1. The maximum absolute atomic E-state index is 12.9. The van der Waals surface area contributed by atoms with Crippen molar-refractivity contribution in [2.75, 3.05) is 0 Å². The van der Waals surface area contributed by atoms with Crippen LogP contribution in [-0.4, -0.2) is 40.9 Å². The molecule has 4 aromatic rings. The van der Waals surface area contributed by atoms with Crippen molar-refractivity contribution >= 4 is 27.2 Å². The molecule has 0 atom stereocenters. The Morgan fingerprint density at radius 2 is 1.75 bits per heavy atom. The molecule has 0 N–H and O–H groups in total. The Kier molecular flexibility index (Phi) is 3.66. The number of fused-ring (bicyclic) bond motifs is 2. The van der Waals surface area contributed by atoms with Gasteiger partial charge in [-0.1, -0.05) is 24.3 Å². The van der Waals surface area contributed by atoms with E-state index in [-0.39, 0.29) is 5.91 Å². The molecule has 0 saturated heterocycles. The molecule has 0 spiro atoms. The van der Waals surface area contributed by atoms with Crippen LogP contribution in [0.15, 0.2) is 73.3 Å². The molecule has 0 aliphatic carbocycles. The SMILES string of the molecule is BC1(B)c2ncccc2C(=O)N1Cc1ccc(-c2ccn3ccnc3c2)cc1. The van der Waals surface area contributed by atoms with Crippen LogP contribution < -0.4 is 0 Å². The summed E-state index contributed by atoms with van der Waals surface area (Å²) < 4.78 is 1.99. The van der Waals surface area contributed by atoms with Gasteiger partial charge in [0.1, 0.15) is 21.3 Å². The summed E-state index contributed by atoms with van der Waals surface area (Å²) in [4.78, 5) is 23.6. The number of rotatable bonds is 3. The van der Waals surface area contributed by atoms with E-state index in [9.17, 15) is 4.79 Å². The van der Waals surface area contributed by atoms with Gasteiger partial charge < -0.3 is 9.30 Å². The van der Waals surface area contributed by atoms with Gasteiger partial charge in [0.05, 0.1) is 11.3 Å². The lowest BCUT2D eigenvalue weighted by Gasteiger charge is -2.32. The van der Waals surface area contributed by atoms with E-state index < -0.39 is 5.34 Å². The number of aromatic nitrogens is 3. The fraction of sp³-hybridized carbons (Fsp3) is 0.0952. The molecule has 0 radical (unpaired) electrons. The van der Waals surface area contributed by atoms with Gasteiger partial charge in [0, 0.05) is 36.7 Å². The molecule has 1 amide bonds. The third kappa shape index (κ3) is 2.54. The average Bonchev–Trinajstić information content (AvgIpc) is 3.26. The Bertz CT molecular complexity index is 1200. The van der Waals surface area contributed by atoms with Gasteiger partial charge >= 0.3 is 0 Å². The first-order valence-corrected chi connectivity index (χ1v) is 9.33. The maximum Gasteiger partial charge on any atom is 0.255 e. The molecule has 0 fully saturated rings. The van der Waals surface area contributed by atoms with Gasteiger partial charge in [-0.05, 0) is 41.0 Å². The first-order chi connectivity index (χ1) is 13.5. The van der Waals surface area contributed by atoms with Crippen molar-refractivity contribution in [1.82, 2.24) is 19.3 Å². The van der Waals surface area contributed by atoms with Gasteiger partial charge in [0.25, 0.3) is 5.91 Å². The van der Waals surface area contributed by atoms with Crippen molar-refractivity contribution in [3.8, 4) is 11.1 Å². The number of carbonyl (C=O) groups is 1. The molecule has 5 nitrogen and oxygen atoms in total. The lowest BCUT2D eigenvalue weighted by molar-refractivity contribution is 0.0731. The summed E-state index contributed by atoms with van der Waals surface area (Å²) in [5, 5.41) is -0.419. The number of hydrogen-bond acceptors (Lipinski definition) is 3. The second-order valence-electron chi connectivity index (χ2n) is 7.65. The monoisotopic (exact) mass is 364 g/mol. The summed E-state index contributed by atoms with van der Waals surface area (Å²) in [5.41, 5.74) is 5.84. The van der Waals surface area contributed by atoms with Crippen LogP contribution in [0.4, 0.5) is 0 Å². The molecule has 5 rings (SSSR count). The van der Waals surface area contributed by atoms with Gasteiger partial charge in [-0.15, -0.1) is 0 Å². The highest BCUT2D eigenvalue weighted by Gasteiger charge is 2.43. The van der Waals surface area contributed by atoms with E-state index in [1.54, 1.807) is 12.4 Å². The third-order valence-electron chi connectivity index (χ3n) is 5.56. The van der Waals surface area contributed by atoms with Gasteiger partial charge in [0.15, 0.2) is 0 Å². The largest absolute Gasteiger partial charge is 0.339 e. The molecule has 1 aliphatic rings. The van der Waals surface area contributed by atoms with Crippen LogP contribution in [0.5, 0.6) is 0 Å². The molecule has 4 heterocycles. The summed E-state index contributed by atoms with van der Waals surface area (Å²) in [7, 11) is 4.11. The lowest BCUT2D eigenvalue weighted by atomic mass is 9.59.